The highest BCUT2D eigenvalue weighted by atomic mass is 16.3. The van der Waals surface area contributed by atoms with Crippen molar-refractivity contribution in [3.05, 3.63) is 12.2 Å². The van der Waals surface area contributed by atoms with Crippen LogP contribution in [0.3, 0.4) is 0 Å². The van der Waals surface area contributed by atoms with Crippen molar-refractivity contribution in [1.82, 2.24) is 0 Å². The lowest BCUT2D eigenvalue weighted by Crippen LogP contribution is -2.18. The van der Waals surface area contributed by atoms with Crippen molar-refractivity contribution >= 4 is 0 Å². The smallest absolute Gasteiger partial charge is 0.0605 e. The van der Waals surface area contributed by atoms with Crippen molar-refractivity contribution in [2.75, 3.05) is 0 Å². The maximum atomic E-state index is 9.25. The molecule has 0 saturated heterocycles. The van der Waals surface area contributed by atoms with E-state index in [2.05, 4.69) is 6.58 Å². The van der Waals surface area contributed by atoms with E-state index < -0.39 is 0 Å². The van der Waals surface area contributed by atoms with E-state index in [0.717, 1.165) is 18.4 Å². The van der Waals surface area contributed by atoms with Gasteiger partial charge >= 0.3 is 0 Å². The highest BCUT2D eigenvalue weighted by molar-refractivity contribution is 5.18. The van der Waals surface area contributed by atoms with Gasteiger partial charge in [-0.05, 0) is 26.7 Å². The van der Waals surface area contributed by atoms with Crippen LogP contribution in [0.1, 0.15) is 26.7 Å². The molecule has 1 N–H and O–H groups in total. The lowest BCUT2D eigenvalue weighted by molar-refractivity contribution is 0.131. The fourth-order valence-corrected chi connectivity index (χ4v) is 1.34. The first kappa shape index (κ1) is 6.81. The summed E-state index contributed by atoms with van der Waals surface area (Å²) >= 11 is 0. The average molecular weight is 126 g/mol. The predicted octanol–water partition coefficient (Wildman–Crippen LogP) is 1.72. The van der Waals surface area contributed by atoms with Gasteiger partial charge in [-0.3, -0.25) is 0 Å². The molecule has 1 fully saturated rings. The van der Waals surface area contributed by atoms with Crippen molar-refractivity contribution in [2.24, 2.45) is 5.41 Å². The Morgan fingerprint density at radius 3 is 2.11 bits per heavy atom. The van der Waals surface area contributed by atoms with E-state index in [1.807, 2.05) is 13.8 Å². The van der Waals surface area contributed by atoms with E-state index in [1.165, 1.54) is 0 Å². The van der Waals surface area contributed by atoms with Crippen LogP contribution in [0, 0.1) is 5.41 Å². The SMILES string of the molecule is C=C(C)C1(C(C)O)CC1. The van der Waals surface area contributed by atoms with E-state index >= 15 is 0 Å². The lowest BCUT2D eigenvalue weighted by atomic mass is 9.93. The molecule has 1 aliphatic rings. The number of rotatable bonds is 2. The Morgan fingerprint density at radius 1 is 1.67 bits per heavy atom. The molecule has 1 unspecified atom stereocenters. The number of hydrogen-bond donors (Lipinski definition) is 1. The Labute approximate surface area is 56.4 Å². The summed E-state index contributed by atoms with van der Waals surface area (Å²) in [6.45, 7) is 7.70. The van der Waals surface area contributed by atoms with E-state index in [4.69, 9.17) is 0 Å². The third-order valence-corrected chi connectivity index (χ3v) is 2.44. The van der Waals surface area contributed by atoms with E-state index in [1.54, 1.807) is 0 Å². The molecule has 0 bridgehead atoms. The predicted molar refractivity (Wildman–Crippen MR) is 38.2 cm³/mol. The molecule has 1 atom stereocenters. The van der Waals surface area contributed by atoms with Crippen LogP contribution in [-0.4, -0.2) is 11.2 Å². The fraction of sp³-hybridized carbons (Fsp3) is 0.750. The minimum Gasteiger partial charge on any atom is -0.393 e. The Balaban J connectivity index is 2.63. The molecule has 0 radical (unpaired) electrons. The molecular formula is C8H14O. The van der Waals surface area contributed by atoms with Gasteiger partial charge in [-0.2, -0.15) is 0 Å². The zero-order chi connectivity index (χ0) is 7.07. The molecule has 1 aliphatic carbocycles. The molecule has 1 heteroatoms. The first-order valence-electron chi connectivity index (χ1n) is 3.43. The summed E-state index contributed by atoms with van der Waals surface area (Å²) < 4.78 is 0. The van der Waals surface area contributed by atoms with Gasteiger partial charge in [-0.1, -0.05) is 12.2 Å². The Morgan fingerprint density at radius 2 is 2.11 bits per heavy atom. The van der Waals surface area contributed by atoms with E-state index in [9.17, 15) is 5.11 Å². The minimum atomic E-state index is -0.199. The van der Waals surface area contributed by atoms with Gasteiger partial charge in [0.25, 0.3) is 0 Å². The normalized spacial score (nSPS) is 25.2. The van der Waals surface area contributed by atoms with Gasteiger partial charge in [0.1, 0.15) is 0 Å². The second-order valence-corrected chi connectivity index (χ2v) is 3.11. The molecule has 52 valence electrons. The number of aliphatic hydroxyl groups excluding tert-OH is 1. The Kier molecular flexibility index (Phi) is 1.39. The van der Waals surface area contributed by atoms with E-state index in [-0.39, 0.29) is 11.5 Å². The first-order chi connectivity index (χ1) is 4.09. The van der Waals surface area contributed by atoms with Gasteiger partial charge in [0, 0.05) is 5.41 Å². The standard InChI is InChI=1S/C8H14O/c1-6(2)8(4-5-8)7(3)9/h7,9H,1,4-5H2,2-3H3. The molecule has 0 aromatic rings. The van der Waals surface area contributed by atoms with Crippen LogP contribution < -0.4 is 0 Å². The summed E-state index contributed by atoms with van der Waals surface area (Å²) in [5.41, 5.74) is 1.25. The Hall–Kier alpha value is -0.300. The maximum Gasteiger partial charge on any atom is 0.0605 e. The molecule has 1 rings (SSSR count). The molecule has 1 saturated carbocycles. The summed E-state index contributed by atoms with van der Waals surface area (Å²) in [6.07, 6.45) is 2.05. The van der Waals surface area contributed by atoms with Crippen LogP contribution in [-0.2, 0) is 0 Å². The minimum absolute atomic E-state index is 0.111. The van der Waals surface area contributed by atoms with Gasteiger partial charge in [-0.25, -0.2) is 0 Å². The molecule has 9 heavy (non-hydrogen) atoms. The summed E-state index contributed by atoms with van der Waals surface area (Å²) in [4.78, 5) is 0. The second kappa shape index (κ2) is 1.84. The summed E-state index contributed by atoms with van der Waals surface area (Å²) in [5, 5.41) is 9.25. The maximum absolute atomic E-state index is 9.25. The summed E-state index contributed by atoms with van der Waals surface area (Å²) in [6, 6.07) is 0. The third-order valence-electron chi connectivity index (χ3n) is 2.44. The molecule has 0 aliphatic heterocycles. The summed E-state index contributed by atoms with van der Waals surface area (Å²) in [5.74, 6) is 0. The first-order valence-corrected chi connectivity index (χ1v) is 3.43. The number of aliphatic hydroxyl groups is 1. The van der Waals surface area contributed by atoms with Crippen molar-refractivity contribution < 1.29 is 5.11 Å². The molecule has 0 amide bonds. The van der Waals surface area contributed by atoms with Gasteiger partial charge in [0.2, 0.25) is 0 Å². The number of hydrogen-bond acceptors (Lipinski definition) is 1. The van der Waals surface area contributed by atoms with Crippen molar-refractivity contribution in [1.29, 1.82) is 0 Å². The monoisotopic (exact) mass is 126 g/mol. The van der Waals surface area contributed by atoms with Crippen LogP contribution >= 0.6 is 0 Å². The van der Waals surface area contributed by atoms with Gasteiger partial charge < -0.3 is 5.11 Å². The third kappa shape index (κ3) is 0.897. The molecule has 0 aromatic carbocycles. The van der Waals surface area contributed by atoms with Crippen LogP contribution in [0.25, 0.3) is 0 Å². The molecule has 0 spiro atoms. The lowest BCUT2D eigenvalue weighted by Gasteiger charge is -2.17. The molecule has 0 aromatic heterocycles. The highest BCUT2D eigenvalue weighted by Gasteiger charge is 2.47. The molecular weight excluding hydrogens is 112 g/mol. The fourth-order valence-electron chi connectivity index (χ4n) is 1.34. The Bertz CT molecular complexity index is 132. The van der Waals surface area contributed by atoms with Gasteiger partial charge in [0.15, 0.2) is 0 Å². The summed E-state index contributed by atoms with van der Waals surface area (Å²) in [7, 11) is 0. The quantitative estimate of drug-likeness (QED) is 0.558. The van der Waals surface area contributed by atoms with Crippen molar-refractivity contribution in [2.45, 2.75) is 32.8 Å². The topological polar surface area (TPSA) is 20.2 Å². The van der Waals surface area contributed by atoms with Crippen LogP contribution in [0.4, 0.5) is 0 Å². The largest absolute Gasteiger partial charge is 0.393 e. The van der Waals surface area contributed by atoms with E-state index in [0.29, 0.717) is 0 Å². The molecule has 0 heterocycles. The highest BCUT2D eigenvalue weighted by Crippen LogP contribution is 2.53. The average Bonchev–Trinajstić information content (AvgIpc) is 2.40. The molecule has 1 nitrogen and oxygen atoms in total. The van der Waals surface area contributed by atoms with Crippen LogP contribution in [0.15, 0.2) is 12.2 Å². The van der Waals surface area contributed by atoms with Crippen molar-refractivity contribution in [3.8, 4) is 0 Å². The van der Waals surface area contributed by atoms with Crippen LogP contribution in [0.2, 0.25) is 0 Å². The zero-order valence-electron chi connectivity index (χ0n) is 6.15. The van der Waals surface area contributed by atoms with Crippen LogP contribution in [0.5, 0.6) is 0 Å². The van der Waals surface area contributed by atoms with Gasteiger partial charge in [-0.15, -0.1) is 0 Å². The second-order valence-electron chi connectivity index (χ2n) is 3.11. The van der Waals surface area contributed by atoms with Gasteiger partial charge in [0.05, 0.1) is 6.10 Å². The zero-order valence-corrected chi connectivity index (χ0v) is 6.15. The van der Waals surface area contributed by atoms with Crippen molar-refractivity contribution in [3.63, 3.8) is 0 Å².